The molecule has 3 aromatic rings. The molecule has 0 saturated carbocycles. The SMILES string of the molecule is Cc1ncc(CN2CCC[C@@H](c3cc(=O)[nH]c(-c4ccccn4)n3)C2)cn1. The van der Waals surface area contributed by atoms with Crippen LogP contribution in [0.5, 0.6) is 0 Å². The highest BCUT2D eigenvalue weighted by atomic mass is 16.1. The summed E-state index contributed by atoms with van der Waals surface area (Å²) in [6.45, 7) is 4.60. The molecule has 0 aliphatic carbocycles. The number of H-pyrrole nitrogens is 1. The molecule has 4 heterocycles. The minimum atomic E-state index is -0.135. The molecular weight excluding hydrogens is 340 g/mol. The number of aryl methyl sites for hydroxylation is 1. The van der Waals surface area contributed by atoms with Crippen LogP contribution >= 0.6 is 0 Å². The molecule has 1 N–H and O–H groups in total. The Morgan fingerprint density at radius 3 is 2.85 bits per heavy atom. The summed E-state index contributed by atoms with van der Waals surface area (Å²) in [7, 11) is 0. The Bertz CT molecular complexity index is 954. The standard InChI is InChI=1S/C20H22N6O/c1-14-22-10-15(11-23-14)12-26-8-4-5-16(13-26)18-9-19(27)25-20(24-18)17-6-2-3-7-21-17/h2-3,6-7,9-11,16H,4-5,8,12-13H2,1H3,(H,24,25,27)/t16-/m1/s1. The van der Waals surface area contributed by atoms with Gasteiger partial charge in [0.25, 0.3) is 5.56 Å². The molecule has 1 aliphatic rings. The van der Waals surface area contributed by atoms with Gasteiger partial charge in [-0.2, -0.15) is 0 Å². The van der Waals surface area contributed by atoms with Crippen LogP contribution < -0.4 is 5.56 Å². The van der Waals surface area contributed by atoms with Crippen LogP contribution in [0.2, 0.25) is 0 Å². The summed E-state index contributed by atoms with van der Waals surface area (Å²) in [5.74, 6) is 1.54. The van der Waals surface area contributed by atoms with Crippen LogP contribution in [0, 0.1) is 6.92 Å². The molecule has 7 heteroatoms. The van der Waals surface area contributed by atoms with E-state index in [1.807, 2.05) is 37.5 Å². The number of nitrogens with one attached hydrogen (secondary N) is 1. The lowest BCUT2D eigenvalue weighted by atomic mass is 9.94. The fourth-order valence-electron chi connectivity index (χ4n) is 3.51. The number of aromatic nitrogens is 5. The van der Waals surface area contributed by atoms with Crippen molar-refractivity contribution < 1.29 is 0 Å². The third-order valence-electron chi connectivity index (χ3n) is 4.83. The van der Waals surface area contributed by atoms with Gasteiger partial charge in [-0.1, -0.05) is 6.07 Å². The van der Waals surface area contributed by atoms with E-state index in [2.05, 4.69) is 24.8 Å². The fourth-order valence-corrected chi connectivity index (χ4v) is 3.51. The summed E-state index contributed by atoms with van der Waals surface area (Å²) < 4.78 is 0. The van der Waals surface area contributed by atoms with Gasteiger partial charge in [-0.25, -0.2) is 15.0 Å². The molecule has 0 bridgehead atoms. The van der Waals surface area contributed by atoms with Gasteiger partial charge in [-0.05, 0) is 38.4 Å². The minimum Gasteiger partial charge on any atom is -0.305 e. The Hall–Kier alpha value is -2.93. The number of pyridine rings is 1. The summed E-state index contributed by atoms with van der Waals surface area (Å²) in [6.07, 6.45) is 7.57. The average molecular weight is 362 g/mol. The molecule has 0 amide bonds. The van der Waals surface area contributed by atoms with E-state index in [0.29, 0.717) is 11.5 Å². The van der Waals surface area contributed by atoms with Crippen LogP contribution in [0.3, 0.4) is 0 Å². The normalized spacial score (nSPS) is 17.7. The maximum absolute atomic E-state index is 12.2. The monoisotopic (exact) mass is 362 g/mol. The Morgan fingerprint density at radius 1 is 1.22 bits per heavy atom. The van der Waals surface area contributed by atoms with Crippen molar-refractivity contribution in [2.24, 2.45) is 0 Å². The van der Waals surface area contributed by atoms with Crippen molar-refractivity contribution in [3.63, 3.8) is 0 Å². The van der Waals surface area contributed by atoms with Crippen LogP contribution in [0.1, 0.15) is 35.8 Å². The first-order valence-electron chi connectivity index (χ1n) is 9.20. The first-order chi connectivity index (χ1) is 13.2. The average Bonchev–Trinajstić information content (AvgIpc) is 2.70. The summed E-state index contributed by atoms with van der Waals surface area (Å²) in [5.41, 5.74) is 2.49. The van der Waals surface area contributed by atoms with Gasteiger partial charge in [-0.3, -0.25) is 14.7 Å². The zero-order chi connectivity index (χ0) is 18.6. The van der Waals surface area contributed by atoms with Gasteiger partial charge in [0, 0.05) is 49.2 Å². The summed E-state index contributed by atoms with van der Waals surface area (Å²) >= 11 is 0. The third-order valence-corrected chi connectivity index (χ3v) is 4.83. The number of hydrogen-bond donors (Lipinski definition) is 1. The van der Waals surface area contributed by atoms with Crippen molar-refractivity contribution in [2.45, 2.75) is 32.2 Å². The van der Waals surface area contributed by atoms with Gasteiger partial charge < -0.3 is 4.98 Å². The number of rotatable bonds is 4. The number of aromatic amines is 1. The van der Waals surface area contributed by atoms with E-state index in [1.165, 1.54) is 0 Å². The summed E-state index contributed by atoms with van der Waals surface area (Å²) in [4.78, 5) is 34.9. The molecule has 1 atom stereocenters. The molecule has 1 aliphatic heterocycles. The zero-order valence-corrected chi connectivity index (χ0v) is 15.3. The lowest BCUT2D eigenvalue weighted by molar-refractivity contribution is 0.198. The predicted molar refractivity (Wildman–Crippen MR) is 102 cm³/mol. The van der Waals surface area contributed by atoms with Gasteiger partial charge in [0.1, 0.15) is 11.5 Å². The van der Waals surface area contributed by atoms with Crippen molar-refractivity contribution in [1.29, 1.82) is 0 Å². The highest BCUT2D eigenvalue weighted by Gasteiger charge is 2.23. The van der Waals surface area contributed by atoms with E-state index in [-0.39, 0.29) is 11.5 Å². The highest BCUT2D eigenvalue weighted by Crippen LogP contribution is 2.26. The van der Waals surface area contributed by atoms with E-state index in [4.69, 9.17) is 4.98 Å². The number of piperidine rings is 1. The second kappa shape index (κ2) is 7.75. The Balaban J connectivity index is 1.53. The fraction of sp³-hybridized carbons (Fsp3) is 0.350. The van der Waals surface area contributed by atoms with Gasteiger partial charge in [-0.15, -0.1) is 0 Å². The lowest BCUT2D eigenvalue weighted by Crippen LogP contribution is -2.34. The molecular formula is C20H22N6O. The first-order valence-corrected chi connectivity index (χ1v) is 9.20. The van der Waals surface area contributed by atoms with Gasteiger partial charge in [0.05, 0.1) is 5.69 Å². The molecule has 27 heavy (non-hydrogen) atoms. The number of nitrogens with zero attached hydrogens (tertiary/aromatic N) is 5. The third kappa shape index (κ3) is 4.25. The van der Waals surface area contributed by atoms with Crippen molar-refractivity contribution in [3.8, 4) is 11.5 Å². The predicted octanol–water partition coefficient (Wildman–Crippen LogP) is 2.31. The topological polar surface area (TPSA) is 87.7 Å². The van der Waals surface area contributed by atoms with Crippen molar-refractivity contribution >= 4 is 0 Å². The van der Waals surface area contributed by atoms with Crippen LogP contribution in [0.4, 0.5) is 0 Å². The van der Waals surface area contributed by atoms with Crippen LogP contribution in [0.25, 0.3) is 11.5 Å². The molecule has 7 nitrogen and oxygen atoms in total. The Kier molecular flexibility index (Phi) is 5.02. The quantitative estimate of drug-likeness (QED) is 0.766. The van der Waals surface area contributed by atoms with E-state index in [0.717, 1.165) is 49.6 Å². The molecule has 0 aromatic carbocycles. The zero-order valence-electron chi connectivity index (χ0n) is 15.3. The summed E-state index contributed by atoms with van der Waals surface area (Å²) in [5, 5.41) is 0. The second-order valence-corrected chi connectivity index (χ2v) is 6.95. The van der Waals surface area contributed by atoms with E-state index >= 15 is 0 Å². The highest BCUT2D eigenvalue weighted by molar-refractivity contribution is 5.48. The molecule has 0 unspecified atom stereocenters. The van der Waals surface area contributed by atoms with E-state index in [9.17, 15) is 4.79 Å². The number of likely N-dealkylation sites (tertiary alicyclic amines) is 1. The molecule has 0 spiro atoms. The van der Waals surface area contributed by atoms with Gasteiger partial charge in [0.2, 0.25) is 0 Å². The minimum absolute atomic E-state index is 0.135. The van der Waals surface area contributed by atoms with Gasteiger partial charge in [0.15, 0.2) is 5.82 Å². The van der Waals surface area contributed by atoms with Crippen LogP contribution in [-0.2, 0) is 6.54 Å². The molecule has 4 rings (SSSR count). The largest absolute Gasteiger partial charge is 0.305 e. The Morgan fingerprint density at radius 2 is 2.07 bits per heavy atom. The molecule has 0 radical (unpaired) electrons. The van der Waals surface area contributed by atoms with Crippen LogP contribution in [-0.4, -0.2) is 42.9 Å². The van der Waals surface area contributed by atoms with Crippen LogP contribution in [0.15, 0.2) is 47.7 Å². The molecule has 138 valence electrons. The van der Waals surface area contributed by atoms with Crippen molar-refractivity contribution in [3.05, 3.63) is 70.3 Å². The maximum atomic E-state index is 12.2. The molecule has 1 fully saturated rings. The van der Waals surface area contributed by atoms with Gasteiger partial charge >= 0.3 is 0 Å². The van der Waals surface area contributed by atoms with Crippen molar-refractivity contribution in [1.82, 2.24) is 29.8 Å². The molecule has 3 aromatic heterocycles. The second-order valence-electron chi connectivity index (χ2n) is 6.95. The van der Waals surface area contributed by atoms with E-state index < -0.39 is 0 Å². The number of hydrogen-bond acceptors (Lipinski definition) is 6. The maximum Gasteiger partial charge on any atom is 0.251 e. The summed E-state index contributed by atoms with van der Waals surface area (Å²) in [6, 6.07) is 7.21. The van der Waals surface area contributed by atoms with Crippen molar-refractivity contribution in [2.75, 3.05) is 13.1 Å². The smallest absolute Gasteiger partial charge is 0.251 e. The van der Waals surface area contributed by atoms with E-state index in [1.54, 1.807) is 12.3 Å². The lowest BCUT2D eigenvalue weighted by Gasteiger charge is -2.32. The Labute approximate surface area is 157 Å². The molecule has 1 saturated heterocycles. The first kappa shape index (κ1) is 17.5.